The molecule has 2 aromatic rings. The Hall–Kier alpha value is -2.09. The van der Waals surface area contributed by atoms with Gasteiger partial charge in [0.1, 0.15) is 0 Å². The van der Waals surface area contributed by atoms with Gasteiger partial charge in [-0.3, -0.25) is 4.79 Å². The Morgan fingerprint density at radius 2 is 2.00 bits per heavy atom. The van der Waals surface area contributed by atoms with Crippen molar-refractivity contribution in [2.24, 2.45) is 0 Å². The van der Waals surface area contributed by atoms with Crippen molar-refractivity contribution in [2.45, 2.75) is 19.3 Å². The van der Waals surface area contributed by atoms with Crippen LogP contribution in [0.3, 0.4) is 0 Å². The van der Waals surface area contributed by atoms with E-state index in [4.69, 9.17) is 0 Å². The smallest absolute Gasteiger partial charge is 0.170 e. The number of para-hydroxylation sites is 1. The van der Waals surface area contributed by atoms with Crippen LogP contribution < -0.4 is 5.32 Å². The molecule has 1 unspecified atom stereocenters. The lowest BCUT2D eigenvalue weighted by Crippen LogP contribution is -2.23. The van der Waals surface area contributed by atoms with Crippen molar-refractivity contribution in [3.05, 3.63) is 65.2 Å². The molecule has 0 aromatic heterocycles. The summed E-state index contributed by atoms with van der Waals surface area (Å²) in [6.45, 7) is 2.88. The fourth-order valence-corrected chi connectivity index (χ4v) is 2.74. The predicted octanol–water partition coefficient (Wildman–Crippen LogP) is 3.78. The molecule has 19 heavy (non-hydrogen) atoms. The molecule has 0 bridgehead atoms. The molecule has 1 aliphatic heterocycles. The van der Waals surface area contributed by atoms with Gasteiger partial charge < -0.3 is 5.32 Å². The molecule has 0 radical (unpaired) electrons. The second kappa shape index (κ2) is 4.88. The Bertz CT molecular complexity index is 618. The Labute approximate surface area is 113 Å². The molecule has 2 nitrogen and oxygen atoms in total. The van der Waals surface area contributed by atoms with Crippen molar-refractivity contribution in [3.63, 3.8) is 0 Å². The van der Waals surface area contributed by atoms with Crippen LogP contribution in [0.2, 0.25) is 0 Å². The molecule has 0 saturated carbocycles. The van der Waals surface area contributed by atoms with Crippen LogP contribution in [0.25, 0.3) is 0 Å². The zero-order chi connectivity index (χ0) is 13.2. The number of benzene rings is 2. The van der Waals surface area contributed by atoms with E-state index in [0.717, 1.165) is 35.3 Å². The van der Waals surface area contributed by atoms with E-state index in [1.165, 1.54) is 0 Å². The number of fused-ring (bicyclic) bond motifs is 1. The van der Waals surface area contributed by atoms with E-state index in [1.54, 1.807) is 0 Å². The first-order valence-corrected chi connectivity index (χ1v) is 6.69. The summed E-state index contributed by atoms with van der Waals surface area (Å²) in [6.07, 6.45) is 0.865. The van der Waals surface area contributed by atoms with E-state index in [0.29, 0.717) is 0 Å². The highest BCUT2D eigenvalue weighted by molar-refractivity contribution is 6.02. The molecule has 96 valence electrons. The summed E-state index contributed by atoms with van der Waals surface area (Å²) in [5, 5.41) is 3.36. The molecule has 0 spiro atoms. The van der Waals surface area contributed by atoms with Crippen molar-refractivity contribution >= 4 is 11.5 Å². The van der Waals surface area contributed by atoms with Crippen LogP contribution in [0.5, 0.6) is 0 Å². The van der Waals surface area contributed by atoms with E-state index < -0.39 is 0 Å². The highest BCUT2D eigenvalue weighted by Gasteiger charge is 2.26. The van der Waals surface area contributed by atoms with Crippen molar-refractivity contribution in [3.8, 4) is 0 Å². The molecule has 1 atom stereocenters. The van der Waals surface area contributed by atoms with Crippen LogP contribution in [-0.2, 0) is 0 Å². The van der Waals surface area contributed by atoms with Gasteiger partial charge in [0, 0.05) is 17.8 Å². The number of ketones is 1. The molecule has 0 aliphatic carbocycles. The average Bonchev–Trinajstić information content (AvgIpc) is 2.46. The van der Waals surface area contributed by atoms with Gasteiger partial charge in [0.15, 0.2) is 5.78 Å². The van der Waals surface area contributed by atoms with Gasteiger partial charge in [-0.25, -0.2) is 0 Å². The number of hydrogen-bond acceptors (Lipinski definition) is 2. The largest absolute Gasteiger partial charge is 0.385 e. The third-order valence-corrected chi connectivity index (χ3v) is 3.70. The van der Waals surface area contributed by atoms with E-state index >= 15 is 0 Å². The minimum atomic E-state index is -0.0146. The van der Waals surface area contributed by atoms with Gasteiger partial charge in [-0.05, 0) is 31.0 Å². The fourth-order valence-electron chi connectivity index (χ4n) is 2.74. The lowest BCUT2D eigenvalue weighted by atomic mass is 9.84. The zero-order valence-electron chi connectivity index (χ0n) is 11.0. The Morgan fingerprint density at radius 1 is 1.16 bits per heavy atom. The summed E-state index contributed by atoms with van der Waals surface area (Å²) < 4.78 is 0. The molecule has 0 fully saturated rings. The standard InChI is InChI=1S/C17H17NO/c1-12-5-4-6-13(11-12)17(19)15-9-10-18-16-8-3-2-7-14(15)16/h2-8,11,15,18H,9-10H2,1H3. The van der Waals surface area contributed by atoms with Gasteiger partial charge in [0.05, 0.1) is 5.92 Å². The molecule has 2 aromatic carbocycles. The normalized spacial score (nSPS) is 17.4. The molecule has 0 saturated heterocycles. The lowest BCUT2D eigenvalue weighted by Gasteiger charge is -2.25. The summed E-state index contributed by atoms with van der Waals surface area (Å²) in [4.78, 5) is 12.7. The first-order chi connectivity index (χ1) is 9.25. The van der Waals surface area contributed by atoms with E-state index in [2.05, 4.69) is 11.4 Å². The molecule has 1 aliphatic rings. The van der Waals surface area contributed by atoms with Gasteiger partial charge in [0.25, 0.3) is 0 Å². The first kappa shape index (κ1) is 12.0. The average molecular weight is 251 g/mol. The number of rotatable bonds is 2. The van der Waals surface area contributed by atoms with Gasteiger partial charge in [-0.1, -0.05) is 42.0 Å². The minimum Gasteiger partial charge on any atom is -0.385 e. The van der Waals surface area contributed by atoms with Gasteiger partial charge in [-0.15, -0.1) is 0 Å². The summed E-state index contributed by atoms with van der Waals surface area (Å²) in [5.41, 5.74) is 4.18. The second-order valence-corrected chi connectivity index (χ2v) is 5.09. The number of carbonyl (C=O) groups excluding carboxylic acids is 1. The maximum Gasteiger partial charge on any atom is 0.170 e. The number of carbonyl (C=O) groups is 1. The highest BCUT2D eigenvalue weighted by Crippen LogP contribution is 2.33. The maximum absolute atomic E-state index is 12.7. The van der Waals surface area contributed by atoms with E-state index in [-0.39, 0.29) is 11.7 Å². The zero-order valence-corrected chi connectivity index (χ0v) is 11.0. The van der Waals surface area contributed by atoms with Gasteiger partial charge in [-0.2, -0.15) is 0 Å². The number of nitrogens with one attached hydrogen (secondary N) is 1. The van der Waals surface area contributed by atoms with Crippen LogP contribution in [-0.4, -0.2) is 12.3 Å². The molecule has 3 rings (SSSR count). The van der Waals surface area contributed by atoms with Crippen molar-refractivity contribution in [1.82, 2.24) is 0 Å². The van der Waals surface area contributed by atoms with E-state index in [9.17, 15) is 4.79 Å². The molecule has 1 heterocycles. The second-order valence-electron chi connectivity index (χ2n) is 5.09. The number of hydrogen-bond donors (Lipinski definition) is 1. The molecule has 0 amide bonds. The Kier molecular flexibility index (Phi) is 3.08. The third-order valence-electron chi connectivity index (χ3n) is 3.70. The maximum atomic E-state index is 12.7. The Morgan fingerprint density at radius 3 is 2.84 bits per heavy atom. The number of anilines is 1. The quantitative estimate of drug-likeness (QED) is 0.823. The summed E-state index contributed by atoms with van der Waals surface area (Å²) in [6, 6.07) is 16.0. The first-order valence-electron chi connectivity index (χ1n) is 6.69. The minimum absolute atomic E-state index is 0.0146. The molecule has 1 N–H and O–H groups in total. The number of Topliss-reactive ketones (excluding diaryl/α,β-unsaturated/α-hetero) is 1. The highest BCUT2D eigenvalue weighted by atomic mass is 16.1. The van der Waals surface area contributed by atoms with Crippen LogP contribution in [0, 0.1) is 6.92 Å². The predicted molar refractivity (Wildman–Crippen MR) is 77.8 cm³/mol. The van der Waals surface area contributed by atoms with Crippen LogP contribution in [0.4, 0.5) is 5.69 Å². The van der Waals surface area contributed by atoms with Crippen molar-refractivity contribution < 1.29 is 4.79 Å². The van der Waals surface area contributed by atoms with E-state index in [1.807, 2.05) is 49.4 Å². The molecule has 2 heteroatoms. The lowest BCUT2D eigenvalue weighted by molar-refractivity contribution is 0.0955. The fraction of sp³-hybridized carbons (Fsp3) is 0.235. The summed E-state index contributed by atoms with van der Waals surface area (Å²) >= 11 is 0. The SMILES string of the molecule is Cc1cccc(C(=O)C2CCNc3ccccc32)c1. The number of aryl methyl sites for hydroxylation is 1. The Balaban J connectivity index is 1.98. The monoisotopic (exact) mass is 251 g/mol. The molecular weight excluding hydrogens is 234 g/mol. The van der Waals surface area contributed by atoms with Crippen LogP contribution in [0.15, 0.2) is 48.5 Å². The third kappa shape index (κ3) is 2.26. The topological polar surface area (TPSA) is 29.1 Å². The summed E-state index contributed by atoms with van der Waals surface area (Å²) in [5.74, 6) is 0.219. The summed E-state index contributed by atoms with van der Waals surface area (Å²) in [7, 11) is 0. The van der Waals surface area contributed by atoms with Crippen LogP contribution >= 0.6 is 0 Å². The molecular formula is C17H17NO. The van der Waals surface area contributed by atoms with Crippen molar-refractivity contribution in [2.75, 3.05) is 11.9 Å². The van der Waals surface area contributed by atoms with Gasteiger partial charge in [0.2, 0.25) is 0 Å². The van der Waals surface area contributed by atoms with Crippen molar-refractivity contribution in [1.29, 1.82) is 0 Å². The van der Waals surface area contributed by atoms with Crippen LogP contribution in [0.1, 0.15) is 33.8 Å². The van der Waals surface area contributed by atoms with Gasteiger partial charge >= 0.3 is 0 Å².